The number of rotatable bonds is 5. The van der Waals surface area contributed by atoms with E-state index in [4.69, 9.17) is 0 Å². The monoisotopic (exact) mass is 431 g/mol. The molecule has 0 bridgehead atoms. The predicted molar refractivity (Wildman–Crippen MR) is 119 cm³/mol. The molecule has 2 aromatic carbocycles. The lowest BCUT2D eigenvalue weighted by atomic mass is 9.75. The number of carboxylic acid groups (broad SMARTS) is 1. The molecule has 2 N–H and O–H groups in total. The number of benzene rings is 2. The Morgan fingerprint density at radius 1 is 1.16 bits per heavy atom. The van der Waals surface area contributed by atoms with Gasteiger partial charge in [-0.3, -0.25) is 9.59 Å². The molecule has 5 rings (SSSR count). The van der Waals surface area contributed by atoms with Crippen LogP contribution >= 0.6 is 0 Å². The molecule has 2 heterocycles. The highest BCUT2D eigenvalue weighted by Gasteiger charge is 2.35. The number of aromatic nitrogens is 2. The topological polar surface area (TPSA) is 84.2 Å². The molecule has 0 atom stereocenters. The lowest BCUT2D eigenvalue weighted by Gasteiger charge is -2.36. The molecule has 0 unspecified atom stereocenters. The van der Waals surface area contributed by atoms with Crippen molar-refractivity contribution in [2.24, 2.45) is 0 Å². The largest absolute Gasteiger partial charge is 0.480 e. The third-order valence-electron chi connectivity index (χ3n) is 6.34. The fraction of sp³-hybridized carbons (Fsp3) is 0.240. The van der Waals surface area contributed by atoms with E-state index < -0.39 is 5.97 Å². The van der Waals surface area contributed by atoms with Gasteiger partial charge in [0.25, 0.3) is 5.91 Å². The number of halogens is 1. The Balaban J connectivity index is 1.34. The van der Waals surface area contributed by atoms with Crippen LogP contribution in [0.25, 0.3) is 21.8 Å². The molecule has 0 spiro atoms. The molecular formula is C25H22FN3O3. The summed E-state index contributed by atoms with van der Waals surface area (Å²) < 4.78 is 15.7. The second-order valence-electron chi connectivity index (χ2n) is 8.37. The molecule has 1 amide bonds. The molecule has 6 nitrogen and oxygen atoms in total. The first-order valence-electron chi connectivity index (χ1n) is 10.6. The first-order chi connectivity index (χ1) is 15.4. The van der Waals surface area contributed by atoms with Crippen LogP contribution in [0.1, 0.15) is 40.5 Å². The number of hydrogen-bond acceptors (Lipinski definition) is 3. The van der Waals surface area contributed by atoms with Crippen molar-refractivity contribution in [2.75, 3.05) is 0 Å². The van der Waals surface area contributed by atoms with E-state index in [0.29, 0.717) is 24.1 Å². The number of amides is 1. The maximum atomic E-state index is 14.0. The zero-order valence-electron chi connectivity index (χ0n) is 17.5. The van der Waals surface area contributed by atoms with Gasteiger partial charge in [0, 0.05) is 28.0 Å². The summed E-state index contributed by atoms with van der Waals surface area (Å²) in [6.07, 6.45) is 1.42. The second-order valence-corrected chi connectivity index (χ2v) is 8.37. The van der Waals surface area contributed by atoms with E-state index in [1.165, 1.54) is 12.1 Å². The first-order valence-corrected chi connectivity index (χ1v) is 10.6. The number of nitrogens with one attached hydrogen (secondary N) is 1. The minimum atomic E-state index is -0.942. The number of aliphatic carboxylic acids is 1. The average Bonchev–Trinajstić information content (AvgIpc) is 3.00. The summed E-state index contributed by atoms with van der Waals surface area (Å²) in [5.41, 5.74) is 3.67. The Morgan fingerprint density at radius 2 is 1.94 bits per heavy atom. The number of fused-ring (bicyclic) bond motifs is 2. The predicted octanol–water partition coefficient (Wildman–Crippen LogP) is 4.40. The maximum Gasteiger partial charge on any atom is 0.323 e. The van der Waals surface area contributed by atoms with Gasteiger partial charge in [0.1, 0.15) is 18.1 Å². The van der Waals surface area contributed by atoms with E-state index in [1.807, 2.05) is 37.3 Å². The van der Waals surface area contributed by atoms with Crippen LogP contribution < -0.4 is 5.32 Å². The quantitative estimate of drug-likeness (QED) is 0.491. The summed E-state index contributed by atoms with van der Waals surface area (Å²) in [4.78, 5) is 28.5. The van der Waals surface area contributed by atoms with Crippen molar-refractivity contribution in [2.45, 2.75) is 38.3 Å². The van der Waals surface area contributed by atoms with Gasteiger partial charge in [-0.05, 0) is 61.6 Å². The Bertz CT molecular complexity index is 1370. The third kappa shape index (κ3) is 3.49. The Morgan fingerprint density at radius 3 is 2.72 bits per heavy atom. The van der Waals surface area contributed by atoms with Crippen LogP contribution in [0.2, 0.25) is 0 Å². The van der Waals surface area contributed by atoms with Gasteiger partial charge < -0.3 is 15.0 Å². The van der Waals surface area contributed by atoms with E-state index in [9.17, 15) is 19.1 Å². The van der Waals surface area contributed by atoms with Crippen molar-refractivity contribution in [3.05, 3.63) is 77.4 Å². The number of pyridine rings is 1. The fourth-order valence-corrected chi connectivity index (χ4v) is 4.76. The minimum absolute atomic E-state index is 0.00777. The Kier molecular flexibility index (Phi) is 4.89. The highest BCUT2D eigenvalue weighted by Crippen LogP contribution is 2.43. The van der Waals surface area contributed by atoms with Crippen LogP contribution in [-0.4, -0.2) is 32.6 Å². The summed E-state index contributed by atoms with van der Waals surface area (Å²) in [5, 5.41) is 14.1. The third-order valence-corrected chi connectivity index (χ3v) is 6.34. The second kappa shape index (κ2) is 7.75. The molecule has 0 saturated heterocycles. The van der Waals surface area contributed by atoms with E-state index in [-0.39, 0.29) is 30.2 Å². The zero-order chi connectivity index (χ0) is 22.4. The summed E-state index contributed by atoms with van der Waals surface area (Å²) in [5.74, 6) is -1.38. The smallest absolute Gasteiger partial charge is 0.323 e. The van der Waals surface area contributed by atoms with Crippen molar-refractivity contribution in [3.8, 4) is 0 Å². The van der Waals surface area contributed by atoms with Gasteiger partial charge in [0.2, 0.25) is 0 Å². The fourth-order valence-electron chi connectivity index (χ4n) is 4.76. The number of hydrogen-bond donors (Lipinski definition) is 2. The first kappa shape index (κ1) is 20.2. The molecule has 4 aromatic rings. The van der Waals surface area contributed by atoms with Gasteiger partial charge >= 0.3 is 5.97 Å². The van der Waals surface area contributed by atoms with Crippen LogP contribution in [0.15, 0.2) is 54.6 Å². The molecule has 0 aliphatic heterocycles. The van der Waals surface area contributed by atoms with Gasteiger partial charge in [-0.15, -0.1) is 0 Å². The highest BCUT2D eigenvalue weighted by molar-refractivity contribution is 5.95. The van der Waals surface area contributed by atoms with Crippen LogP contribution in [-0.2, 0) is 11.3 Å². The van der Waals surface area contributed by atoms with Gasteiger partial charge in [0.15, 0.2) is 0 Å². The summed E-state index contributed by atoms with van der Waals surface area (Å²) in [6.45, 7) is 1.70. The molecular weight excluding hydrogens is 409 g/mol. The maximum absolute atomic E-state index is 14.0. The summed E-state index contributed by atoms with van der Waals surface area (Å²) >= 11 is 0. The standard InChI is InChI=1S/C25H22FN3O3/c1-14-24(19-12-17(26)7-9-22(19)29(14)13-23(30)31)16-10-18(11-16)27-25(32)21-8-6-15-4-2-3-5-20(15)28-21/h2-9,12,16,18H,10-11,13H2,1H3,(H,27,32)(H,30,31). The van der Waals surface area contributed by atoms with Crippen molar-refractivity contribution in [1.82, 2.24) is 14.9 Å². The van der Waals surface area contributed by atoms with E-state index in [0.717, 1.165) is 27.5 Å². The molecule has 32 heavy (non-hydrogen) atoms. The Hall–Kier alpha value is -3.74. The number of para-hydroxylation sites is 1. The molecule has 162 valence electrons. The SMILES string of the molecule is Cc1c(C2CC(NC(=O)c3ccc4ccccc4n3)C2)c2cc(F)ccc2n1CC(=O)O. The number of carboxylic acids is 1. The van der Waals surface area contributed by atoms with E-state index in [1.54, 1.807) is 16.7 Å². The molecule has 1 saturated carbocycles. The Labute approximate surface area is 183 Å². The van der Waals surface area contributed by atoms with Gasteiger partial charge in [-0.25, -0.2) is 9.37 Å². The number of carbonyl (C=O) groups is 2. The minimum Gasteiger partial charge on any atom is -0.480 e. The van der Waals surface area contributed by atoms with Gasteiger partial charge in [0.05, 0.1) is 5.52 Å². The van der Waals surface area contributed by atoms with Crippen molar-refractivity contribution >= 4 is 33.7 Å². The molecule has 1 fully saturated rings. The molecule has 2 aromatic heterocycles. The van der Waals surface area contributed by atoms with E-state index in [2.05, 4.69) is 10.3 Å². The molecule has 0 radical (unpaired) electrons. The lowest BCUT2D eigenvalue weighted by Crippen LogP contribution is -2.43. The average molecular weight is 431 g/mol. The molecule has 7 heteroatoms. The molecule has 1 aliphatic rings. The number of nitrogens with zero attached hydrogens (tertiary/aromatic N) is 2. The van der Waals surface area contributed by atoms with Crippen LogP contribution in [0.3, 0.4) is 0 Å². The summed E-state index contributed by atoms with van der Waals surface area (Å²) in [6, 6.07) is 15.7. The normalized spacial score (nSPS) is 17.9. The van der Waals surface area contributed by atoms with Crippen molar-refractivity contribution in [1.29, 1.82) is 0 Å². The number of carbonyl (C=O) groups excluding carboxylic acids is 1. The van der Waals surface area contributed by atoms with Crippen LogP contribution in [0, 0.1) is 12.7 Å². The van der Waals surface area contributed by atoms with E-state index >= 15 is 0 Å². The van der Waals surface area contributed by atoms with Crippen LogP contribution in [0.4, 0.5) is 4.39 Å². The van der Waals surface area contributed by atoms with Crippen molar-refractivity contribution < 1.29 is 19.1 Å². The summed E-state index contributed by atoms with van der Waals surface area (Å²) in [7, 11) is 0. The molecule has 1 aliphatic carbocycles. The van der Waals surface area contributed by atoms with Gasteiger partial charge in [-0.1, -0.05) is 24.3 Å². The van der Waals surface area contributed by atoms with Gasteiger partial charge in [-0.2, -0.15) is 0 Å². The van der Waals surface area contributed by atoms with Crippen molar-refractivity contribution in [3.63, 3.8) is 0 Å². The lowest BCUT2D eigenvalue weighted by molar-refractivity contribution is -0.137. The zero-order valence-corrected chi connectivity index (χ0v) is 17.5. The highest BCUT2D eigenvalue weighted by atomic mass is 19.1. The van der Waals surface area contributed by atoms with Crippen LogP contribution in [0.5, 0.6) is 0 Å².